The minimum atomic E-state index is -0.219. The van der Waals surface area contributed by atoms with Gasteiger partial charge in [0.05, 0.1) is 32.0 Å². The molecule has 2 N–H and O–H groups in total. The largest absolute Gasteiger partial charge is 0.493 e. The highest BCUT2D eigenvalue weighted by atomic mass is 35.5. The van der Waals surface area contributed by atoms with Gasteiger partial charge in [-0.1, -0.05) is 0 Å². The molecule has 25 heavy (non-hydrogen) atoms. The molecular weight excluding hydrogens is 366 g/mol. The molecule has 0 atom stereocenters. The van der Waals surface area contributed by atoms with Crippen LogP contribution in [-0.2, 0) is 6.42 Å². The van der Waals surface area contributed by atoms with Crippen LogP contribution >= 0.6 is 23.7 Å². The average molecular weight is 388 g/mol. The van der Waals surface area contributed by atoms with Crippen LogP contribution < -0.4 is 24.8 Å². The summed E-state index contributed by atoms with van der Waals surface area (Å²) in [6.45, 7) is 0.504. The molecule has 9 heteroatoms. The summed E-state index contributed by atoms with van der Waals surface area (Å²) in [6, 6.07) is 3.43. The molecule has 0 radical (unpaired) electrons. The van der Waals surface area contributed by atoms with Gasteiger partial charge in [0.15, 0.2) is 11.5 Å². The van der Waals surface area contributed by atoms with E-state index in [0.29, 0.717) is 41.6 Å². The number of amides is 1. The lowest BCUT2D eigenvalue weighted by molar-refractivity contribution is 0.0988. The Morgan fingerprint density at radius 1 is 1.20 bits per heavy atom. The number of nitrogens with two attached hydrogens (primary N) is 1. The Labute approximate surface area is 157 Å². The van der Waals surface area contributed by atoms with Gasteiger partial charge in [-0.05, 0) is 6.54 Å². The molecule has 2 aromatic rings. The molecule has 0 fully saturated rings. The van der Waals surface area contributed by atoms with Crippen LogP contribution in [0.5, 0.6) is 17.2 Å². The Bertz CT molecular complexity index is 698. The molecule has 0 aliphatic carbocycles. The molecule has 1 aromatic heterocycles. The molecule has 0 saturated carbocycles. The van der Waals surface area contributed by atoms with Gasteiger partial charge in [0.2, 0.25) is 5.75 Å². The molecular formula is C16H22ClN3O4S. The van der Waals surface area contributed by atoms with E-state index in [-0.39, 0.29) is 18.3 Å². The number of carbonyl (C=O) groups excluding carboxylic acids is 1. The second-order valence-electron chi connectivity index (χ2n) is 4.91. The van der Waals surface area contributed by atoms with E-state index in [1.807, 2.05) is 0 Å². The minimum Gasteiger partial charge on any atom is -0.493 e. The lowest BCUT2D eigenvalue weighted by atomic mass is 10.2. The molecule has 0 aliphatic rings. The van der Waals surface area contributed by atoms with Crippen molar-refractivity contribution in [2.24, 2.45) is 5.73 Å². The topological polar surface area (TPSA) is 86.9 Å². The van der Waals surface area contributed by atoms with E-state index in [4.69, 9.17) is 19.9 Å². The number of methoxy groups -OCH3 is 3. The van der Waals surface area contributed by atoms with Crippen molar-refractivity contribution < 1.29 is 19.0 Å². The van der Waals surface area contributed by atoms with Crippen molar-refractivity contribution in [3.05, 3.63) is 28.2 Å². The summed E-state index contributed by atoms with van der Waals surface area (Å²) in [6.07, 6.45) is 0.659. The van der Waals surface area contributed by atoms with Crippen LogP contribution in [0.4, 0.5) is 5.69 Å². The van der Waals surface area contributed by atoms with Crippen molar-refractivity contribution in [1.29, 1.82) is 0 Å². The van der Waals surface area contributed by atoms with Gasteiger partial charge >= 0.3 is 0 Å². The van der Waals surface area contributed by atoms with E-state index in [2.05, 4.69) is 4.98 Å². The summed E-state index contributed by atoms with van der Waals surface area (Å²) in [5.41, 5.74) is 6.52. The zero-order valence-corrected chi connectivity index (χ0v) is 16.2. The van der Waals surface area contributed by atoms with Crippen LogP contribution in [0.15, 0.2) is 17.5 Å². The Morgan fingerprint density at radius 3 is 2.28 bits per heavy atom. The number of benzene rings is 1. The average Bonchev–Trinajstić information content (AvgIpc) is 3.07. The summed E-state index contributed by atoms with van der Waals surface area (Å²) < 4.78 is 15.9. The van der Waals surface area contributed by atoms with Crippen molar-refractivity contribution in [2.45, 2.75) is 6.42 Å². The summed E-state index contributed by atoms with van der Waals surface area (Å²) in [5, 5.41) is 2.58. The number of thiazole rings is 1. The first-order valence-corrected chi connectivity index (χ1v) is 8.16. The second-order valence-corrected chi connectivity index (χ2v) is 5.86. The molecule has 2 rings (SSSR count). The Hall–Kier alpha value is -2.03. The van der Waals surface area contributed by atoms with Gasteiger partial charge in [0.1, 0.15) is 5.69 Å². The van der Waals surface area contributed by atoms with Crippen molar-refractivity contribution in [3.8, 4) is 17.2 Å². The smallest absolute Gasteiger partial charge is 0.277 e. The zero-order valence-electron chi connectivity index (χ0n) is 14.6. The van der Waals surface area contributed by atoms with E-state index in [1.54, 1.807) is 24.6 Å². The highest BCUT2D eigenvalue weighted by Gasteiger charge is 2.21. The van der Waals surface area contributed by atoms with Gasteiger partial charge < -0.3 is 24.8 Å². The lowest BCUT2D eigenvalue weighted by Crippen LogP contribution is -2.26. The van der Waals surface area contributed by atoms with Crippen molar-refractivity contribution >= 4 is 35.3 Å². The monoisotopic (exact) mass is 387 g/mol. The number of halogens is 1. The molecule has 138 valence electrons. The number of hydrogen-bond donors (Lipinski definition) is 1. The summed E-state index contributed by atoms with van der Waals surface area (Å²) in [7, 11) is 6.26. The first-order valence-electron chi connectivity index (χ1n) is 7.28. The van der Waals surface area contributed by atoms with Crippen LogP contribution in [0, 0.1) is 0 Å². The number of aromatic nitrogens is 1. The Balaban J connectivity index is 0.00000312. The SMILES string of the molecule is COc1cc(N(C)C(=O)c2csc(CCN)n2)cc(OC)c1OC.Cl. The van der Waals surface area contributed by atoms with E-state index in [0.717, 1.165) is 5.01 Å². The molecule has 0 unspecified atom stereocenters. The number of hydrogen-bond acceptors (Lipinski definition) is 7. The Kier molecular flexibility index (Phi) is 7.95. The van der Waals surface area contributed by atoms with Crippen LogP contribution in [0.25, 0.3) is 0 Å². The fourth-order valence-corrected chi connectivity index (χ4v) is 2.99. The highest BCUT2D eigenvalue weighted by molar-refractivity contribution is 7.09. The standard InChI is InChI=1S/C16H21N3O4S.ClH/c1-19(16(20)11-9-24-14(18-11)5-6-17)10-7-12(21-2)15(23-4)13(8-10)22-3;/h7-9H,5-6,17H2,1-4H3;1H. The number of ether oxygens (including phenoxy) is 3. The first-order chi connectivity index (χ1) is 11.5. The van der Waals surface area contributed by atoms with Crippen LogP contribution in [0.1, 0.15) is 15.5 Å². The third kappa shape index (κ3) is 4.53. The molecule has 7 nitrogen and oxygen atoms in total. The quantitative estimate of drug-likeness (QED) is 0.784. The fraction of sp³-hybridized carbons (Fsp3) is 0.375. The highest BCUT2D eigenvalue weighted by Crippen LogP contribution is 2.41. The summed E-state index contributed by atoms with van der Waals surface area (Å²) in [4.78, 5) is 18.5. The summed E-state index contributed by atoms with van der Waals surface area (Å²) >= 11 is 1.43. The van der Waals surface area contributed by atoms with E-state index in [9.17, 15) is 4.79 Å². The van der Waals surface area contributed by atoms with Gasteiger partial charge in [0, 0.05) is 31.0 Å². The van der Waals surface area contributed by atoms with Crippen molar-refractivity contribution in [3.63, 3.8) is 0 Å². The fourth-order valence-electron chi connectivity index (χ4n) is 2.20. The molecule has 1 aromatic carbocycles. The maximum atomic E-state index is 12.6. The predicted octanol–water partition coefficient (Wildman–Crippen LogP) is 2.37. The third-order valence-electron chi connectivity index (χ3n) is 3.47. The number of carbonyl (C=O) groups is 1. The zero-order chi connectivity index (χ0) is 17.7. The molecule has 0 spiro atoms. The van der Waals surface area contributed by atoms with Crippen molar-refractivity contribution in [1.82, 2.24) is 4.98 Å². The van der Waals surface area contributed by atoms with E-state index >= 15 is 0 Å². The van der Waals surface area contributed by atoms with Crippen LogP contribution in [0.2, 0.25) is 0 Å². The van der Waals surface area contributed by atoms with Gasteiger partial charge in [-0.2, -0.15) is 0 Å². The third-order valence-corrected chi connectivity index (χ3v) is 4.38. The molecule has 1 amide bonds. The number of anilines is 1. The van der Waals surface area contributed by atoms with Crippen LogP contribution in [0.3, 0.4) is 0 Å². The molecule has 0 saturated heterocycles. The maximum Gasteiger partial charge on any atom is 0.277 e. The van der Waals surface area contributed by atoms with Gasteiger partial charge in [0.25, 0.3) is 5.91 Å². The van der Waals surface area contributed by atoms with Crippen molar-refractivity contribution in [2.75, 3.05) is 39.8 Å². The normalized spacial score (nSPS) is 9.96. The van der Waals surface area contributed by atoms with Gasteiger partial charge in [-0.3, -0.25) is 4.79 Å². The molecule has 1 heterocycles. The molecule has 0 bridgehead atoms. The minimum absolute atomic E-state index is 0. The van der Waals surface area contributed by atoms with Crippen LogP contribution in [-0.4, -0.2) is 45.8 Å². The lowest BCUT2D eigenvalue weighted by Gasteiger charge is -2.20. The second kappa shape index (κ2) is 9.45. The number of nitrogens with zero attached hydrogens (tertiary/aromatic N) is 2. The predicted molar refractivity (Wildman–Crippen MR) is 101 cm³/mol. The van der Waals surface area contributed by atoms with E-state index < -0.39 is 0 Å². The summed E-state index contributed by atoms with van der Waals surface area (Å²) in [5.74, 6) is 1.22. The maximum absolute atomic E-state index is 12.6. The van der Waals surface area contributed by atoms with E-state index in [1.165, 1.54) is 37.6 Å². The van der Waals surface area contributed by atoms with Gasteiger partial charge in [-0.25, -0.2) is 4.98 Å². The Morgan fingerprint density at radius 2 is 1.80 bits per heavy atom. The molecule has 0 aliphatic heterocycles. The number of rotatable bonds is 7. The van der Waals surface area contributed by atoms with Gasteiger partial charge in [-0.15, -0.1) is 23.7 Å². The first kappa shape index (κ1) is 21.0.